The minimum atomic E-state index is -1.10. The number of benzene rings is 2. The van der Waals surface area contributed by atoms with Gasteiger partial charge in [0.2, 0.25) is 0 Å². The van der Waals surface area contributed by atoms with Crippen molar-refractivity contribution in [1.82, 2.24) is 4.90 Å². The number of piperazine rings is 1. The van der Waals surface area contributed by atoms with Crippen LogP contribution in [0.5, 0.6) is 11.5 Å². The number of aliphatic hydroxyl groups excluding tert-OH is 1. The third-order valence-electron chi connectivity index (χ3n) is 6.02. The zero-order valence-electron chi connectivity index (χ0n) is 17.4. The number of aliphatic hydroxyl groups is 2. The molecule has 2 aromatic carbocycles. The Morgan fingerprint density at radius 1 is 1.13 bits per heavy atom. The standard InChI is InChI=1S/C23H30N2O4S/c1-28-19-7-8-20-21(15-19)30-22(16-26)23(27,17-29-20)9-10-24-11-13-25(14-12-24)18-5-3-2-4-6-18/h2-8,15,22,26-27H,9-14,16-17H2,1H3/t22-,23-/m0/s1. The van der Waals surface area contributed by atoms with E-state index in [2.05, 4.69) is 34.1 Å². The lowest BCUT2D eigenvalue weighted by Crippen LogP contribution is -2.52. The number of fused-ring (bicyclic) bond motifs is 1. The third-order valence-corrected chi connectivity index (χ3v) is 7.46. The van der Waals surface area contributed by atoms with Crippen LogP contribution in [0.1, 0.15) is 6.42 Å². The van der Waals surface area contributed by atoms with Crippen LogP contribution in [0.25, 0.3) is 0 Å². The van der Waals surface area contributed by atoms with Crippen LogP contribution in [0.3, 0.4) is 0 Å². The summed E-state index contributed by atoms with van der Waals surface area (Å²) in [7, 11) is 1.63. The maximum atomic E-state index is 11.4. The summed E-state index contributed by atoms with van der Waals surface area (Å²) < 4.78 is 11.3. The second-order valence-corrected chi connectivity index (χ2v) is 9.15. The van der Waals surface area contributed by atoms with E-state index in [9.17, 15) is 10.2 Å². The zero-order chi connectivity index (χ0) is 21.0. The van der Waals surface area contributed by atoms with Gasteiger partial charge in [-0.2, -0.15) is 0 Å². The minimum absolute atomic E-state index is 0.108. The lowest BCUT2D eigenvalue weighted by molar-refractivity contribution is -0.0288. The Morgan fingerprint density at radius 2 is 1.90 bits per heavy atom. The molecule has 0 unspecified atom stereocenters. The SMILES string of the molecule is COc1ccc2c(c1)S[C@@H](CO)[C@](O)(CCN1CCN(c3ccccc3)CC1)CO2. The Morgan fingerprint density at radius 3 is 2.60 bits per heavy atom. The molecule has 0 saturated carbocycles. The van der Waals surface area contributed by atoms with Gasteiger partial charge in [-0.15, -0.1) is 11.8 Å². The average molecular weight is 431 g/mol. The Kier molecular flexibility index (Phi) is 6.73. The predicted octanol–water partition coefficient (Wildman–Crippen LogP) is 2.48. The van der Waals surface area contributed by atoms with Gasteiger partial charge in [0, 0.05) is 38.4 Å². The summed E-state index contributed by atoms with van der Waals surface area (Å²) in [5.41, 5.74) is 0.167. The smallest absolute Gasteiger partial charge is 0.133 e. The Labute approximate surface area is 182 Å². The lowest BCUT2D eigenvalue weighted by atomic mass is 9.95. The molecule has 2 aliphatic heterocycles. The Hall–Kier alpha value is -1.93. The highest BCUT2D eigenvalue weighted by molar-refractivity contribution is 8.00. The molecular weight excluding hydrogens is 400 g/mol. The fourth-order valence-corrected chi connectivity index (χ4v) is 5.26. The van der Waals surface area contributed by atoms with Gasteiger partial charge in [0.1, 0.15) is 23.7 Å². The van der Waals surface area contributed by atoms with Gasteiger partial charge in [-0.25, -0.2) is 0 Å². The highest BCUT2D eigenvalue weighted by atomic mass is 32.2. The third kappa shape index (κ3) is 4.70. The first-order valence-corrected chi connectivity index (χ1v) is 11.3. The molecule has 7 heteroatoms. The molecule has 4 rings (SSSR count). The molecule has 1 fully saturated rings. The highest BCUT2D eigenvalue weighted by Gasteiger charge is 2.41. The topological polar surface area (TPSA) is 65.4 Å². The predicted molar refractivity (Wildman–Crippen MR) is 120 cm³/mol. The Balaban J connectivity index is 1.36. The van der Waals surface area contributed by atoms with Crippen molar-refractivity contribution in [3.05, 3.63) is 48.5 Å². The van der Waals surface area contributed by atoms with Crippen LogP contribution in [-0.2, 0) is 0 Å². The van der Waals surface area contributed by atoms with Crippen molar-refractivity contribution >= 4 is 17.4 Å². The van der Waals surface area contributed by atoms with Crippen LogP contribution >= 0.6 is 11.8 Å². The van der Waals surface area contributed by atoms with E-state index >= 15 is 0 Å². The van der Waals surface area contributed by atoms with Crippen molar-refractivity contribution in [2.45, 2.75) is 22.2 Å². The number of anilines is 1. The molecule has 0 radical (unpaired) electrons. The van der Waals surface area contributed by atoms with Crippen LogP contribution in [0, 0.1) is 0 Å². The number of para-hydroxylation sites is 1. The first-order valence-electron chi connectivity index (χ1n) is 10.4. The number of thioether (sulfide) groups is 1. The molecule has 2 heterocycles. The van der Waals surface area contributed by atoms with E-state index in [1.807, 2.05) is 24.3 Å². The van der Waals surface area contributed by atoms with Gasteiger partial charge >= 0.3 is 0 Å². The summed E-state index contributed by atoms with van der Waals surface area (Å²) in [6, 6.07) is 16.1. The number of ether oxygens (including phenoxy) is 2. The molecule has 6 nitrogen and oxygen atoms in total. The molecule has 0 amide bonds. The van der Waals surface area contributed by atoms with E-state index in [0.29, 0.717) is 6.42 Å². The molecule has 2 aliphatic rings. The van der Waals surface area contributed by atoms with Gasteiger partial charge in [0.15, 0.2) is 0 Å². The summed E-state index contributed by atoms with van der Waals surface area (Å²) in [6.45, 7) is 4.71. The first-order chi connectivity index (χ1) is 14.6. The van der Waals surface area contributed by atoms with E-state index in [1.54, 1.807) is 7.11 Å². The molecular formula is C23H30N2O4S. The van der Waals surface area contributed by atoms with Crippen molar-refractivity contribution in [3.8, 4) is 11.5 Å². The van der Waals surface area contributed by atoms with Gasteiger partial charge in [-0.1, -0.05) is 18.2 Å². The van der Waals surface area contributed by atoms with Crippen molar-refractivity contribution < 1.29 is 19.7 Å². The van der Waals surface area contributed by atoms with Crippen LogP contribution < -0.4 is 14.4 Å². The second-order valence-electron chi connectivity index (χ2n) is 7.91. The second kappa shape index (κ2) is 9.47. The van der Waals surface area contributed by atoms with Crippen LogP contribution in [-0.4, -0.2) is 79.0 Å². The number of nitrogens with zero attached hydrogens (tertiary/aromatic N) is 2. The molecule has 30 heavy (non-hydrogen) atoms. The molecule has 0 aromatic heterocycles. The summed E-state index contributed by atoms with van der Waals surface area (Å²) in [6.07, 6.45) is 0.557. The number of hydrogen-bond acceptors (Lipinski definition) is 7. The van der Waals surface area contributed by atoms with Crippen LogP contribution in [0.2, 0.25) is 0 Å². The normalized spacial score (nSPS) is 24.6. The van der Waals surface area contributed by atoms with Gasteiger partial charge in [-0.05, 0) is 36.8 Å². The van der Waals surface area contributed by atoms with Crippen LogP contribution in [0.4, 0.5) is 5.69 Å². The van der Waals surface area contributed by atoms with Gasteiger partial charge in [-0.3, -0.25) is 4.90 Å². The summed E-state index contributed by atoms with van der Waals surface area (Å²) in [4.78, 5) is 5.68. The van der Waals surface area contributed by atoms with Gasteiger partial charge in [0.25, 0.3) is 0 Å². The van der Waals surface area contributed by atoms with Crippen molar-refractivity contribution in [1.29, 1.82) is 0 Å². The molecule has 1 saturated heterocycles. The summed E-state index contributed by atoms with van der Waals surface area (Å²) in [5.74, 6) is 1.47. The van der Waals surface area contributed by atoms with Crippen molar-refractivity contribution in [2.24, 2.45) is 0 Å². The molecule has 0 spiro atoms. The number of methoxy groups -OCH3 is 1. The van der Waals surface area contributed by atoms with E-state index in [1.165, 1.54) is 17.4 Å². The number of rotatable bonds is 6. The quantitative estimate of drug-likeness (QED) is 0.730. The maximum absolute atomic E-state index is 11.4. The summed E-state index contributed by atoms with van der Waals surface area (Å²) in [5, 5.41) is 21.1. The summed E-state index contributed by atoms with van der Waals surface area (Å²) >= 11 is 1.47. The monoisotopic (exact) mass is 430 g/mol. The van der Waals surface area contributed by atoms with E-state index in [-0.39, 0.29) is 18.5 Å². The maximum Gasteiger partial charge on any atom is 0.133 e. The van der Waals surface area contributed by atoms with Gasteiger partial charge < -0.3 is 24.6 Å². The lowest BCUT2D eigenvalue weighted by Gasteiger charge is -2.38. The average Bonchev–Trinajstić information content (AvgIpc) is 2.94. The van der Waals surface area contributed by atoms with Gasteiger partial charge in [0.05, 0.1) is 23.9 Å². The van der Waals surface area contributed by atoms with Crippen LogP contribution in [0.15, 0.2) is 53.4 Å². The zero-order valence-corrected chi connectivity index (χ0v) is 18.2. The molecule has 2 aromatic rings. The van der Waals surface area contributed by atoms with Crippen molar-refractivity contribution in [3.63, 3.8) is 0 Å². The van der Waals surface area contributed by atoms with E-state index in [0.717, 1.165) is 49.1 Å². The van der Waals surface area contributed by atoms with E-state index in [4.69, 9.17) is 9.47 Å². The number of hydrogen-bond donors (Lipinski definition) is 2. The largest absolute Gasteiger partial charge is 0.497 e. The first kappa shape index (κ1) is 21.3. The molecule has 0 aliphatic carbocycles. The van der Waals surface area contributed by atoms with E-state index < -0.39 is 5.60 Å². The van der Waals surface area contributed by atoms with Crippen molar-refractivity contribution in [2.75, 3.05) is 57.9 Å². The fourth-order valence-electron chi connectivity index (χ4n) is 4.05. The fraction of sp³-hybridized carbons (Fsp3) is 0.478. The minimum Gasteiger partial charge on any atom is -0.497 e. The molecule has 2 N–H and O–H groups in total. The molecule has 0 bridgehead atoms. The molecule has 162 valence electrons. The molecule has 2 atom stereocenters. The highest BCUT2D eigenvalue weighted by Crippen LogP contribution is 2.42. The Bertz CT molecular complexity index is 829.